The zero-order chi connectivity index (χ0) is 17.1. The van der Waals surface area contributed by atoms with Crippen LogP contribution in [0, 0.1) is 0 Å². The summed E-state index contributed by atoms with van der Waals surface area (Å²) in [5, 5.41) is 6.50. The van der Waals surface area contributed by atoms with Gasteiger partial charge in [-0.25, -0.2) is 4.98 Å². The first-order valence-corrected chi connectivity index (χ1v) is 8.35. The molecule has 1 atom stereocenters. The van der Waals surface area contributed by atoms with Crippen molar-refractivity contribution in [2.75, 3.05) is 11.9 Å². The van der Waals surface area contributed by atoms with Crippen LogP contribution in [0.1, 0.15) is 6.92 Å². The second-order valence-electron chi connectivity index (χ2n) is 6.04. The Balaban J connectivity index is 1.75. The summed E-state index contributed by atoms with van der Waals surface area (Å²) in [6.07, 6.45) is 1.75. The fourth-order valence-corrected chi connectivity index (χ4v) is 2.80. The number of nitrogens with one attached hydrogen (secondary N) is 2. The van der Waals surface area contributed by atoms with Gasteiger partial charge in [-0.1, -0.05) is 60.7 Å². The molecule has 25 heavy (non-hydrogen) atoms. The molecule has 0 radical (unpaired) electrons. The molecule has 3 aromatic rings. The van der Waals surface area contributed by atoms with Crippen molar-refractivity contribution in [2.24, 2.45) is 4.99 Å². The van der Waals surface area contributed by atoms with Gasteiger partial charge in [0.05, 0.1) is 24.1 Å². The maximum Gasteiger partial charge on any atom is 0.197 e. The summed E-state index contributed by atoms with van der Waals surface area (Å²) in [6.45, 7) is 2.86. The third-order valence-corrected chi connectivity index (χ3v) is 4.02. The van der Waals surface area contributed by atoms with E-state index in [-0.39, 0.29) is 0 Å². The van der Waals surface area contributed by atoms with Crippen LogP contribution in [0.5, 0.6) is 0 Å². The second-order valence-corrected chi connectivity index (χ2v) is 6.04. The van der Waals surface area contributed by atoms with Crippen LogP contribution < -0.4 is 10.6 Å². The Morgan fingerprint density at radius 3 is 2.16 bits per heavy atom. The minimum atomic E-state index is 0.340. The van der Waals surface area contributed by atoms with Crippen LogP contribution in [0.25, 0.3) is 22.5 Å². The third kappa shape index (κ3) is 3.35. The van der Waals surface area contributed by atoms with Crippen molar-refractivity contribution in [3.05, 3.63) is 66.9 Å². The highest BCUT2D eigenvalue weighted by Crippen LogP contribution is 2.29. The highest BCUT2D eigenvalue weighted by molar-refractivity contribution is 5.94. The molecule has 0 fully saturated rings. The van der Waals surface area contributed by atoms with Crippen molar-refractivity contribution in [1.82, 2.24) is 15.3 Å². The lowest BCUT2D eigenvalue weighted by atomic mass is 10.0. The first kappa shape index (κ1) is 15.3. The highest BCUT2D eigenvalue weighted by atomic mass is 15.3. The molecule has 0 bridgehead atoms. The predicted molar refractivity (Wildman–Crippen MR) is 101 cm³/mol. The summed E-state index contributed by atoms with van der Waals surface area (Å²) in [5.41, 5.74) is 3.80. The van der Waals surface area contributed by atoms with Crippen molar-refractivity contribution in [3.8, 4) is 22.5 Å². The first-order chi connectivity index (χ1) is 12.3. The molecule has 5 nitrogen and oxygen atoms in total. The standard InChI is InChI=1S/C20H19N5/c1-14-12-22-20(23-14)25-17-13-21-18(15-8-4-2-5-9-15)19(24-17)16-10-6-3-7-11-16/h2-11,13-14H,12H2,1H3,(H2,22,23,24,25). The maximum absolute atomic E-state index is 4.81. The molecular formula is C20H19N5. The number of aliphatic imine (C=N–C) groups is 1. The molecular weight excluding hydrogens is 310 g/mol. The molecule has 0 saturated heterocycles. The number of benzene rings is 2. The molecule has 0 spiro atoms. The number of anilines is 1. The SMILES string of the molecule is CC1CN=C(Nc2cnc(-c3ccccc3)c(-c3ccccc3)n2)N1. The Bertz CT molecular complexity index is 890. The summed E-state index contributed by atoms with van der Waals surface area (Å²) in [5.74, 6) is 1.42. The van der Waals surface area contributed by atoms with Crippen LogP contribution in [0.4, 0.5) is 5.82 Å². The van der Waals surface area contributed by atoms with Gasteiger partial charge in [-0.15, -0.1) is 0 Å². The lowest BCUT2D eigenvalue weighted by Gasteiger charge is -2.12. The van der Waals surface area contributed by atoms with Crippen molar-refractivity contribution >= 4 is 11.8 Å². The summed E-state index contributed by atoms with van der Waals surface area (Å²) in [6, 6.07) is 20.6. The van der Waals surface area contributed by atoms with Crippen LogP contribution >= 0.6 is 0 Å². The number of hydrogen-bond donors (Lipinski definition) is 2. The number of guanidine groups is 1. The summed E-state index contributed by atoms with van der Waals surface area (Å²) in [4.78, 5) is 13.9. The Morgan fingerprint density at radius 1 is 0.920 bits per heavy atom. The minimum absolute atomic E-state index is 0.340. The van der Waals surface area contributed by atoms with Gasteiger partial charge in [-0.2, -0.15) is 0 Å². The Kier molecular flexibility index (Phi) is 4.12. The van der Waals surface area contributed by atoms with E-state index >= 15 is 0 Å². The molecule has 1 unspecified atom stereocenters. The summed E-state index contributed by atoms with van der Waals surface area (Å²) in [7, 11) is 0. The smallest absolute Gasteiger partial charge is 0.197 e. The zero-order valence-electron chi connectivity index (χ0n) is 14.0. The van der Waals surface area contributed by atoms with Gasteiger partial charge < -0.3 is 10.6 Å². The summed E-state index contributed by atoms with van der Waals surface area (Å²) >= 11 is 0. The Morgan fingerprint density at radius 2 is 1.56 bits per heavy atom. The van der Waals surface area contributed by atoms with E-state index in [0.717, 1.165) is 35.0 Å². The van der Waals surface area contributed by atoms with Gasteiger partial charge in [0.25, 0.3) is 0 Å². The molecule has 2 aromatic carbocycles. The van der Waals surface area contributed by atoms with Gasteiger partial charge in [0.2, 0.25) is 0 Å². The molecule has 0 saturated carbocycles. The van der Waals surface area contributed by atoms with E-state index in [2.05, 4.69) is 27.5 Å². The zero-order valence-corrected chi connectivity index (χ0v) is 14.0. The molecule has 4 rings (SSSR count). The van der Waals surface area contributed by atoms with Gasteiger partial charge in [0.1, 0.15) is 0 Å². The lowest BCUT2D eigenvalue weighted by Crippen LogP contribution is -2.32. The van der Waals surface area contributed by atoms with Gasteiger partial charge >= 0.3 is 0 Å². The molecule has 0 amide bonds. The second kappa shape index (κ2) is 6.73. The molecule has 2 heterocycles. The molecule has 124 valence electrons. The van der Waals surface area contributed by atoms with Gasteiger partial charge in [-0.3, -0.25) is 9.98 Å². The van der Waals surface area contributed by atoms with Crippen molar-refractivity contribution in [1.29, 1.82) is 0 Å². The molecule has 2 N–H and O–H groups in total. The van der Waals surface area contributed by atoms with E-state index in [9.17, 15) is 0 Å². The van der Waals surface area contributed by atoms with Gasteiger partial charge in [-0.05, 0) is 6.92 Å². The quantitative estimate of drug-likeness (QED) is 0.771. The Hall–Kier alpha value is -3.21. The topological polar surface area (TPSA) is 62.2 Å². The van der Waals surface area contributed by atoms with E-state index in [0.29, 0.717) is 11.9 Å². The molecule has 1 aliphatic rings. The number of hydrogen-bond acceptors (Lipinski definition) is 5. The number of aromatic nitrogens is 2. The fourth-order valence-electron chi connectivity index (χ4n) is 2.80. The van der Waals surface area contributed by atoms with E-state index in [1.165, 1.54) is 0 Å². The average Bonchev–Trinajstić information content (AvgIpc) is 3.08. The normalized spacial score (nSPS) is 16.2. The number of rotatable bonds is 3. The molecule has 0 aliphatic carbocycles. The fraction of sp³-hybridized carbons (Fsp3) is 0.150. The van der Waals surface area contributed by atoms with Crippen LogP contribution in [0.2, 0.25) is 0 Å². The van der Waals surface area contributed by atoms with E-state index < -0.39 is 0 Å². The maximum atomic E-state index is 4.81. The van der Waals surface area contributed by atoms with Crippen LogP contribution in [-0.4, -0.2) is 28.5 Å². The molecule has 5 heteroatoms. The van der Waals surface area contributed by atoms with Gasteiger partial charge in [0, 0.05) is 17.2 Å². The highest BCUT2D eigenvalue weighted by Gasteiger charge is 2.15. The first-order valence-electron chi connectivity index (χ1n) is 8.35. The van der Waals surface area contributed by atoms with Crippen molar-refractivity contribution in [3.63, 3.8) is 0 Å². The number of nitrogens with zero attached hydrogens (tertiary/aromatic N) is 3. The van der Waals surface area contributed by atoms with E-state index in [1.807, 2.05) is 60.7 Å². The summed E-state index contributed by atoms with van der Waals surface area (Å²) < 4.78 is 0. The predicted octanol–water partition coefficient (Wildman–Crippen LogP) is 3.57. The van der Waals surface area contributed by atoms with Gasteiger partial charge in [0.15, 0.2) is 11.8 Å². The molecule has 1 aliphatic heterocycles. The average molecular weight is 329 g/mol. The Labute approximate surface area is 146 Å². The van der Waals surface area contributed by atoms with Crippen LogP contribution in [0.15, 0.2) is 71.9 Å². The monoisotopic (exact) mass is 329 g/mol. The van der Waals surface area contributed by atoms with Crippen molar-refractivity contribution < 1.29 is 0 Å². The lowest BCUT2D eigenvalue weighted by molar-refractivity contribution is 0.725. The van der Waals surface area contributed by atoms with Crippen molar-refractivity contribution in [2.45, 2.75) is 13.0 Å². The van der Waals surface area contributed by atoms with E-state index in [1.54, 1.807) is 6.20 Å². The van der Waals surface area contributed by atoms with E-state index in [4.69, 9.17) is 4.98 Å². The third-order valence-electron chi connectivity index (χ3n) is 4.02. The minimum Gasteiger partial charge on any atom is -0.352 e. The van der Waals surface area contributed by atoms with Crippen LogP contribution in [-0.2, 0) is 0 Å². The largest absolute Gasteiger partial charge is 0.352 e. The van der Waals surface area contributed by atoms with Crippen LogP contribution in [0.3, 0.4) is 0 Å². The molecule has 1 aromatic heterocycles.